The van der Waals surface area contributed by atoms with Crippen molar-refractivity contribution in [3.63, 3.8) is 0 Å². The lowest BCUT2D eigenvalue weighted by molar-refractivity contribution is -0.129. The van der Waals surface area contributed by atoms with Crippen molar-refractivity contribution in [1.29, 1.82) is 0 Å². The number of nitrogens with zero attached hydrogens (tertiary/aromatic N) is 4. The van der Waals surface area contributed by atoms with E-state index in [2.05, 4.69) is 4.98 Å². The first-order chi connectivity index (χ1) is 13.1. The van der Waals surface area contributed by atoms with Crippen LogP contribution in [0.5, 0.6) is 0 Å². The van der Waals surface area contributed by atoms with Crippen LogP contribution in [0.3, 0.4) is 0 Å². The van der Waals surface area contributed by atoms with E-state index in [9.17, 15) is 9.59 Å². The predicted octanol–water partition coefficient (Wildman–Crippen LogP) is 2.40. The molecule has 1 atom stereocenters. The molecule has 0 saturated carbocycles. The van der Waals surface area contributed by atoms with Crippen LogP contribution >= 0.6 is 0 Å². The number of hydrogen-bond acceptors (Lipinski definition) is 4. The predicted molar refractivity (Wildman–Crippen MR) is 101 cm³/mol. The van der Waals surface area contributed by atoms with Crippen LogP contribution in [0.4, 0.5) is 0 Å². The summed E-state index contributed by atoms with van der Waals surface area (Å²) >= 11 is 0. The summed E-state index contributed by atoms with van der Waals surface area (Å²) in [6, 6.07) is 9.44. The number of benzene rings is 1. The Balaban J connectivity index is 1.49. The average Bonchev–Trinajstić information content (AvgIpc) is 2.73. The van der Waals surface area contributed by atoms with Gasteiger partial charge in [0.2, 0.25) is 5.91 Å². The second-order valence-corrected chi connectivity index (χ2v) is 7.35. The van der Waals surface area contributed by atoms with Gasteiger partial charge >= 0.3 is 0 Å². The van der Waals surface area contributed by atoms with Gasteiger partial charge in [0.15, 0.2) is 0 Å². The molecular formula is C21H24N4O2. The summed E-state index contributed by atoms with van der Waals surface area (Å²) < 4.78 is 0. The largest absolute Gasteiger partial charge is 0.338 e. The van der Waals surface area contributed by atoms with Crippen LogP contribution < -0.4 is 0 Å². The molecule has 2 amide bonds. The van der Waals surface area contributed by atoms with Crippen molar-refractivity contribution in [2.45, 2.75) is 38.6 Å². The molecule has 27 heavy (non-hydrogen) atoms. The molecule has 0 N–H and O–H groups in total. The lowest BCUT2D eigenvalue weighted by Crippen LogP contribution is -2.40. The summed E-state index contributed by atoms with van der Waals surface area (Å²) in [5.41, 5.74) is 2.81. The number of carbonyl (C=O) groups excluding carboxylic acids is 2. The molecular weight excluding hydrogens is 340 g/mol. The number of aromatic nitrogens is 2. The molecule has 1 unspecified atom stereocenters. The van der Waals surface area contributed by atoms with E-state index in [0.29, 0.717) is 19.6 Å². The Morgan fingerprint density at radius 3 is 2.70 bits per heavy atom. The number of rotatable bonds is 2. The van der Waals surface area contributed by atoms with Crippen LogP contribution in [0.15, 0.2) is 36.5 Å². The lowest BCUT2D eigenvalue weighted by atomic mass is 9.96. The van der Waals surface area contributed by atoms with Crippen LogP contribution in [-0.4, -0.2) is 51.2 Å². The quantitative estimate of drug-likeness (QED) is 0.821. The zero-order chi connectivity index (χ0) is 18.8. The van der Waals surface area contributed by atoms with Crippen molar-refractivity contribution in [3.05, 3.63) is 59.2 Å². The van der Waals surface area contributed by atoms with E-state index in [1.54, 1.807) is 6.92 Å². The summed E-state index contributed by atoms with van der Waals surface area (Å²) in [7, 11) is 0. The molecule has 0 bridgehead atoms. The summed E-state index contributed by atoms with van der Waals surface area (Å²) in [5, 5.41) is 0. The van der Waals surface area contributed by atoms with Gasteiger partial charge in [-0.25, -0.2) is 9.97 Å². The van der Waals surface area contributed by atoms with Crippen molar-refractivity contribution in [2.24, 2.45) is 0 Å². The Kier molecular flexibility index (Phi) is 4.88. The van der Waals surface area contributed by atoms with Gasteiger partial charge < -0.3 is 9.80 Å². The zero-order valence-corrected chi connectivity index (χ0v) is 15.6. The number of amides is 2. The minimum Gasteiger partial charge on any atom is -0.338 e. The maximum absolute atomic E-state index is 12.8. The van der Waals surface area contributed by atoms with E-state index >= 15 is 0 Å². The molecule has 6 nitrogen and oxygen atoms in total. The number of piperidine rings is 1. The molecule has 2 aliphatic heterocycles. The van der Waals surface area contributed by atoms with Crippen LogP contribution in [-0.2, 0) is 17.8 Å². The Morgan fingerprint density at radius 2 is 1.93 bits per heavy atom. The fourth-order valence-corrected chi connectivity index (χ4v) is 3.93. The van der Waals surface area contributed by atoms with Gasteiger partial charge in [-0.05, 0) is 25.0 Å². The molecule has 2 aromatic rings. The minimum absolute atomic E-state index is 0.0790. The molecule has 0 radical (unpaired) electrons. The zero-order valence-electron chi connectivity index (χ0n) is 15.6. The number of likely N-dealkylation sites (tertiary alicyclic amines) is 1. The van der Waals surface area contributed by atoms with Crippen molar-refractivity contribution < 1.29 is 9.59 Å². The van der Waals surface area contributed by atoms with Gasteiger partial charge in [0.05, 0.1) is 5.69 Å². The summed E-state index contributed by atoms with van der Waals surface area (Å²) in [6.45, 7) is 4.34. The number of fused-ring (bicyclic) bond motifs is 1. The summed E-state index contributed by atoms with van der Waals surface area (Å²) in [4.78, 5) is 37.5. The molecule has 3 heterocycles. The summed E-state index contributed by atoms with van der Waals surface area (Å²) in [6.07, 6.45) is 4.59. The molecule has 1 saturated heterocycles. The molecule has 1 fully saturated rings. The molecule has 1 aromatic heterocycles. The van der Waals surface area contributed by atoms with Crippen LogP contribution in [0.25, 0.3) is 0 Å². The van der Waals surface area contributed by atoms with Gasteiger partial charge in [0, 0.05) is 62.8 Å². The van der Waals surface area contributed by atoms with E-state index in [-0.39, 0.29) is 17.7 Å². The van der Waals surface area contributed by atoms with Gasteiger partial charge in [0.1, 0.15) is 5.82 Å². The van der Waals surface area contributed by atoms with Crippen molar-refractivity contribution in [2.75, 3.05) is 19.6 Å². The third-order valence-corrected chi connectivity index (χ3v) is 5.49. The third kappa shape index (κ3) is 3.70. The van der Waals surface area contributed by atoms with E-state index in [4.69, 9.17) is 4.98 Å². The molecule has 0 spiro atoms. The smallest absolute Gasteiger partial charge is 0.253 e. The fourth-order valence-electron chi connectivity index (χ4n) is 3.93. The van der Waals surface area contributed by atoms with Gasteiger partial charge in [-0.15, -0.1) is 0 Å². The minimum atomic E-state index is 0.0790. The van der Waals surface area contributed by atoms with Crippen LogP contribution in [0, 0.1) is 0 Å². The monoisotopic (exact) mass is 364 g/mol. The molecule has 140 valence electrons. The van der Waals surface area contributed by atoms with E-state index < -0.39 is 0 Å². The molecule has 1 aromatic carbocycles. The highest BCUT2D eigenvalue weighted by atomic mass is 16.2. The van der Waals surface area contributed by atoms with Crippen LogP contribution in [0.2, 0.25) is 0 Å². The van der Waals surface area contributed by atoms with E-state index in [1.165, 1.54) is 0 Å². The topological polar surface area (TPSA) is 66.4 Å². The maximum atomic E-state index is 12.8. The van der Waals surface area contributed by atoms with Gasteiger partial charge in [-0.3, -0.25) is 9.59 Å². The highest BCUT2D eigenvalue weighted by Gasteiger charge is 2.28. The van der Waals surface area contributed by atoms with E-state index in [0.717, 1.165) is 48.5 Å². The van der Waals surface area contributed by atoms with Crippen molar-refractivity contribution in [1.82, 2.24) is 19.8 Å². The maximum Gasteiger partial charge on any atom is 0.253 e. The van der Waals surface area contributed by atoms with Crippen molar-refractivity contribution >= 4 is 11.8 Å². The molecule has 6 heteroatoms. The van der Waals surface area contributed by atoms with E-state index in [1.807, 2.05) is 46.3 Å². The first-order valence-electron chi connectivity index (χ1n) is 9.56. The Bertz CT molecular complexity index is 853. The first-order valence-corrected chi connectivity index (χ1v) is 9.56. The SMILES string of the molecule is CC(=O)N1CCc2nc(C3CCCN(C(=O)c4ccccc4)C3)ncc2C1. The second kappa shape index (κ2) is 7.47. The van der Waals surface area contributed by atoms with Crippen LogP contribution in [0.1, 0.15) is 53.1 Å². The summed E-state index contributed by atoms with van der Waals surface area (Å²) in [5.74, 6) is 1.17. The normalized spacial score (nSPS) is 19.5. The molecule has 2 aliphatic rings. The number of carbonyl (C=O) groups is 2. The van der Waals surface area contributed by atoms with Crippen molar-refractivity contribution in [3.8, 4) is 0 Å². The molecule has 4 rings (SSSR count). The highest BCUT2D eigenvalue weighted by molar-refractivity contribution is 5.94. The number of hydrogen-bond donors (Lipinski definition) is 0. The standard InChI is InChI=1S/C21H24N4O2/c1-15(26)24-11-9-19-18(14-24)12-22-20(23-19)17-8-5-10-25(13-17)21(27)16-6-3-2-4-7-16/h2-4,6-7,12,17H,5,8-11,13-14H2,1H3. The Morgan fingerprint density at radius 1 is 1.11 bits per heavy atom. The second-order valence-electron chi connectivity index (χ2n) is 7.35. The Hall–Kier alpha value is -2.76. The molecule has 0 aliphatic carbocycles. The lowest BCUT2D eigenvalue weighted by Gasteiger charge is -2.33. The van der Waals surface area contributed by atoms with Gasteiger partial charge in [-0.2, -0.15) is 0 Å². The Labute approximate surface area is 159 Å². The third-order valence-electron chi connectivity index (χ3n) is 5.49. The fraction of sp³-hybridized carbons (Fsp3) is 0.429. The first kappa shape index (κ1) is 17.6. The van der Waals surface area contributed by atoms with Gasteiger partial charge in [-0.1, -0.05) is 18.2 Å². The average molecular weight is 364 g/mol. The highest BCUT2D eigenvalue weighted by Crippen LogP contribution is 2.27. The van der Waals surface area contributed by atoms with Gasteiger partial charge in [0.25, 0.3) is 5.91 Å².